The molecule has 0 bridgehead atoms. The molecule has 5 nitrogen and oxygen atoms in total. The van der Waals surface area contributed by atoms with Crippen LogP contribution < -0.4 is 5.32 Å². The van der Waals surface area contributed by atoms with E-state index in [0.717, 1.165) is 24.6 Å². The summed E-state index contributed by atoms with van der Waals surface area (Å²) in [7, 11) is 0. The Kier molecular flexibility index (Phi) is 3.65. The smallest absolute Gasteiger partial charge is 0.269 e. The third kappa shape index (κ3) is 2.53. The van der Waals surface area contributed by atoms with Gasteiger partial charge in [0.1, 0.15) is 0 Å². The van der Waals surface area contributed by atoms with Crippen LogP contribution in [0, 0.1) is 10.1 Å². The highest BCUT2D eigenvalue weighted by Crippen LogP contribution is 2.33. The summed E-state index contributed by atoms with van der Waals surface area (Å²) in [5.74, 6) is -0.177. The van der Waals surface area contributed by atoms with Crippen LogP contribution >= 0.6 is 15.9 Å². The zero-order valence-electron chi connectivity index (χ0n) is 9.69. The van der Waals surface area contributed by atoms with Gasteiger partial charge in [-0.1, -0.05) is 15.9 Å². The maximum Gasteiger partial charge on any atom is 0.269 e. The predicted molar refractivity (Wildman–Crippen MR) is 70.9 cm³/mol. The Morgan fingerprint density at radius 3 is 2.39 bits per heavy atom. The van der Waals surface area contributed by atoms with Crippen LogP contribution in [0.1, 0.15) is 29.6 Å². The molecule has 1 amide bonds. The Morgan fingerprint density at radius 1 is 1.39 bits per heavy atom. The van der Waals surface area contributed by atoms with E-state index in [2.05, 4.69) is 21.2 Å². The molecular weight excluding hydrogens is 300 g/mol. The molecule has 0 aromatic heterocycles. The van der Waals surface area contributed by atoms with Gasteiger partial charge in [0.25, 0.3) is 11.6 Å². The fourth-order valence-corrected chi connectivity index (χ4v) is 2.64. The lowest BCUT2D eigenvalue weighted by atomic mass is 9.78. The second-order valence-corrected chi connectivity index (χ2v) is 5.09. The lowest BCUT2D eigenvalue weighted by Crippen LogP contribution is -2.54. The van der Waals surface area contributed by atoms with Crippen LogP contribution in [0.25, 0.3) is 0 Å². The summed E-state index contributed by atoms with van der Waals surface area (Å²) in [5, 5.41) is 14.2. The lowest BCUT2D eigenvalue weighted by molar-refractivity contribution is -0.384. The van der Waals surface area contributed by atoms with Crippen molar-refractivity contribution in [1.29, 1.82) is 0 Å². The molecule has 0 atom stereocenters. The van der Waals surface area contributed by atoms with Crippen LogP contribution in [0.5, 0.6) is 0 Å². The largest absolute Gasteiger partial charge is 0.346 e. The Morgan fingerprint density at radius 2 is 2.00 bits per heavy atom. The number of amides is 1. The minimum Gasteiger partial charge on any atom is -0.346 e. The molecule has 96 valence electrons. The molecule has 2 rings (SSSR count). The van der Waals surface area contributed by atoms with Gasteiger partial charge in [-0.25, -0.2) is 0 Å². The third-order valence-corrected chi connectivity index (χ3v) is 4.36. The molecule has 1 N–H and O–H groups in total. The zero-order chi connectivity index (χ0) is 13.2. The number of hydrogen-bond donors (Lipinski definition) is 1. The van der Waals surface area contributed by atoms with Crippen LogP contribution in [0.2, 0.25) is 0 Å². The summed E-state index contributed by atoms with van der Waals surface area (Å²) in [6.07, 6.45) is 3.06. The number of benzene rings is 1. The van der Waals surface area contributed by atoms with E-state index in [4.69, 9.17) is 0 Å². The minimum absolute atomic E-state index is 0.00889. The molecule has 6 heteroatoms. The van der Waals surface area contributed by atoms with E-state index in [-0.39, 0.29) is 17.1 Å². The number of nitro groups is 1. The first-order valence-electron chi connectivity index (χ1n) is 5.69. The second-order valence-electron chi connectivity index (χ2n) is 4.53. The van der Waals surface area contributed by atoms with Crippen molar-refractivity contribution in [3.63, 3.8) is 0 Å². The van der Waals surface area contributed by atoms with Gasteiger partial charge in [0.2, 0.25) is 0 Å². The third-order valence-electron chi connectivity index (χ3n) is 3.29. The molecule has 0 spiro atoms. The van der Waals surface area contributed by atoms with Crippen molar-refractivity contribution in [2.45, 2.75) is 24.8 Å². The van der Waals surface area contributed by atoms with Gasteiger partial charge in [-0.05, 0) is 31.4 Å². The monoisotopic (exact) mass is 312 g/mol. The first-order chi connectivity index (χ1) is 8.56. The Bertz CT molecular complexity index is 463. The van der Waals surface area contributed by atoms with E-state index in [0.29, 0.717) is 5.56 Å². The molecule has 1 fully saturated rings. The van der Waals surface area contributed by atoms with Crippen molar-refractivity contribution in [2.75, 3.05) is 5.33 Å². The van der Waals surface area contributed by atoms with Crippen LogP contribution in [0.4, 0.5) is 5.69 Å². The number of rotatable bonds is 4. The number of carbonyl (C=O) groups is 1. The van der Waals surface area contributed by atoms with Crippen LogP contribution in [0.15, 0.2) is 24.3 Å². The van der Waals surface area contributed by atoms with E-state index >= 15 is 0 Å². The number of halogens is 1. The topological polar surface area (TPSA) is 72.2 Å². The quantitative estimate of drug-likeness (QED) is 0.527. The summed E-state index contributed by atoms with van der Waals surface area (Å²) < 4.78 is 0. The maximum atomic E-state index is 12.0. The highest BCUT2D eigenvalue weighted by Gasteiger charge is 2.37. The Balaban J connectivity index is 2.07. The Labute approximate surface area is 113 Å². The van der Waals surface area contributed by atoms with E-state index in [9.17, 15) is 14.9 Å². The number of non-ortho nitro benzene ring substituents is 1. The van der Waals surface area contributed by atoms with Crippen molar-refractivity contribution in [3.8, 4) is 0 Å². The highest BCUT2D eigenvalue weighted by atomic mass is 79.9. The van der Waals surface area contributed by atoms with Crippen LogP contribution in [0.3, 0.4) is 0 Å². The van der Waals surface area contributed by atoms with Gasteiger partial charge < -0.3 is 5.32 Å². The van der Waals surface area contributed by atoms with Gasteiger partial charge in [0.15, 0.2) is 0 Å². The number of nitrogens with zero attached hydrogens (tertiary/aromatic N) is 1. The first kappa shape index (κ1) is 13.0. The molecule has 1 aromatic carbocycles. The molecule has 18 heavy (non-hydrogen) atoms. The molecule has 1 aliphatic carbocycles. The van der Waals surface area contributed by atoms with Gasteiger partial charge in [-0.2, -0.15) is 0 Å². The minimum atomic E-state index is -0.479. The molecule has 0 unspecified atom stereocenters. The van der Waals surface area contributed by atoms with E-state index in [1.165, 1.54) is 24.3 Å². The predicted octanol–water partition coefficient (Wildman–Crippen LogP) is 2.64. The highest BCUT2D eigenvalue weighted by molar-refractivity contribution is 9.09. The number of alkyl halides is 1. The van der Waals surface area contributed by atoms with E-state index in [1.807, 2.05) is 0 Å². The lowest BCUT2D eigenvalue weighted by Gasteiger charge is -2.41. The molecular formula is C12H13BrN2O3. The Hall–Kier alpha value is -1.43. The van der Waals surface area contributed by atoms with E-state index < -0.39 is 4.92 Å². The molecule has 1 aliphatic rings. The van der Waals surface area contributed by atoms with Crippen molar-refractivity contribution in [3.05, 3.63) is 39.9 Å². The number of hydrogen-bond acceptors (Lipinski definition) is 3. The molecule has 0 aliphatic heterocycles. The average Bonchev–Trinajstić information content (AvgIpc) is 2.33. The molecule has 0 radical (unpaired) electrons. The second kappa shape index (κ2) is 5.06. The first-order valence-corrected chi connectivity index (χ1v) is 6.81. The molecule has 0 saturated heterocycles. The molecule has 0 heterocycles. The maximum absolute atomic E-state index is 12.0. The standard InChI is InChI=1S/C12H13BrN2O3/c13-8-12(6-1-7-12)14-11(16)9-2-4-10(5-3-9)15(17)18/h2-5H,1,6-8H2,(H,14,16). The van der Waals surface area contributed by atoms with Gasteiger partial charge in [-0.3, -0.25) is 14.9 Å². The van der Waals surface area contributed by atoms with Crippen LogP contribution in [-0.2, 0) is 0 Å². The van der Waals surface area contributed by atoms with E-state index in [1.54, 1.807) is 0 Å². The zero-order valence-corrected chi connectivity index (χ0v) is 11.3. The number of nitro benzene ring substituents is 1. The van der Waals surface area contributed by atoms with Gasteiger partial charge in [-0.15, -0.1) is 0 Å². The number of carbonyl (C=O) groups excluding carboxylic acids is 1. The van der Waals surface area contributed by atoms with Gasteiger partial charge in [0.05, 0.1) is 10.5 Å². The molecule has 1 saturated carbocycles. The van der Waals surface area contributed by atoms with Gasteiger partial charge >= 0.3 is 0 Å². The average molecular weight is 313 g/mol. The summed E-state index contributed by atoms with van der Waals surface area (Å²) >= 11 is 3.41. The summed E-state index contributed by atoms with van der Waals surface area (Å²) in [5.41, 5.74) is 0.303. The van der Waals surface area contributed by atoms with Crippen molar-refractivity contribution in [2.24, 2.45) is 0 Å². The fourth-order valence-electron chi connectivity index (χ4n) is 1.94. The fraction of sp³-hybridized carbons (Fsp3) is 0.417. The molecule has 1 aromatic rings. The van der Waals surface area contributed by atoms with Crippen LogP contribution in [-0.4, -0.2) is 21.7 Å². The van der Waals surface area contributed by atoms with Gasteiger partial charge in [0, 0.05) is 23.0 Å². The van der Waals surface area contributed by atoms with Crippen molar-refractivity contribution >= 4 is 27.5 Å². The van der Waals surface area contributed by atoms with Crippen molar-refractivity contribution < 1.29 is 9.72 Å². The summed E-state index contributed by atoms with van der Waals surface area (Å²) in [4.78, 5) is 22.0. The number of nitrogens with one attached hydrogen (secondary N) is 1. The SMILES string of the molecule is O=C(NC1(CBr)CCC1)c1ccc([N+](=O)[O-])cc1. The summed E-state index contributed by atoms with van der Waals surface area (Å²) in [6, 6.07) is 5.65. The summed E-state index contributed by atoms with van der Waals surface area (Å²) in [6.45, 7) is 0. The van der Waals surface area contributed by atoms with Crippen molar-refractivity contribution in [1.82, 2.24) is 5.32 Å². The normalized spacial score (nSPS) is 16.7.